The molecule has 4 nitrogen and oxygen atoms in total. The Balaban J connectivity index is 3.74. The third kappa shape index (κ3) is 24.3. The predicted octanol–water partition coefficient (Wildman–Crippen LogP) is 8.33. The molecule has 4 heteroatoms. The van der Waals surface area contributed by atoms with E-state index in [9.17, 15) is 15.0 Å². The molecule has 0 unspecified atom stereocenters. The van der Waals surface area contributed by atoms with Crippen LogP contribution in [0.15, 0.2) is 36.5 Å². The molecule has 0 bridgehead atoms. The first-order chi connectivity index (χ1) is 17.7. The first-order valence-corrected chi connectivity index (χ1v) is 15.2. The zero-order valence-corrected chi connectivity index (χ0v) is 23.8. The highest BCUT2D eigenvalue weighted by Crippen LogP contribution is 2.10. The van der Waals surface area contributed by atoms with Gasteiger partial charge in [0.15, 0.2) is 0 Å². The van der Waals surface area contributed by atoms with Crippen molar-refractivity contribution in [2.75, 3.05) is 6.61 Å². The van der Waals surface area contributed by atoms with Gasteiger partial charge in [-0.3, -0.25) is 4.79 Å². The van der Waals surface area contributed by atoms with Crippen LogP contribution in [0.25, 0.3) is 0 Å². The molecule has 0 aliphatic carbocycles. The number of amides is 1. The molecular weight excluding hydrogens is 446 g/mol. The fourth-order valence-electron chi connectivity index (χ4n) is 4.23. The van der Waals surface area contributed by atoms with Gasteiger partial charge in [0.1, 0.15) is 0 Å². The van der Waals surface area contributed by atoms with Gasteiger partial charge in [0.25, 0.3) is 0 Å². The lowest BCUT2D eigenvalue weighted by molar-refractivity contribution is -0.123. The van der Waals surface area contributed by atoms with E-state index in [2.05, 4.69) is 37.4 Å². The summed E-state index contributed by atoms with van der Waals surface area (Å²) in [6.45, 7) is 4.21. The van der Waals surface area contributed by atoms with E-state index >= 15 is 0 Å². The van der Waals surface area contributed by atoms with Gasteiger partial charge < -0.3 is 15.5 Å². The molecule has 3 N–H and O–H groups in total. The van der Waals surface area contributed by atoms with Crippen molar-refractivity contribution in [2.45, 2.75) is 154 Å². The number of unbranched alkanes of at least 4 members (excludes halogenated alkanes) is 16. The highest BCUT2D eigenvalue weighted by molar-refractivity contribution is 5.76. The minimum atomic E-state index is -0.887. The molecule has 0 aromatic rings. The maximum atomic E-state index is 12.2. The van der Waals surface area contributed by atoms with E-state index in [1.165, 1.54) is 89.9 Å². The molecule has 0 heterocycles. The van der Waals surface area contributed by atoms with Gasteiger partial charge in [-0.25, -0.2) is 0 Å². The van der Waals surface area contributed by atoms with Gasteiger partial charge in [0.2, 0.25) is 5.91 Å². The Labute approximate surface area is 223 Å². The van der Waals surface area contributed by atoms with Gasteiger partial charge in [0.05, 0.1) is 18.8 Å². The van der Waals surface area contributed by atoms with Gasteiger partial charge in [0, 0.05) is 6.42 Å². The van der Waals surface area contributed by atoms with Crippen molar-refractivity contribution in [2.24, 2.45) is 0 Å². The van der Waals surface area contributed by atoms with Gasteiger partial charge >= 0.3 is 0 Å². The molecule has 0 radical (unpaired) electrons. The zero-order chi connectivity index (χ0) is 26.5. The average molecular weight is 506 g/mol. The van der Waals surface area contributed by atoms with Crippen LogP contribution in [-0.2, 0) is 4.79 Å². The third-order valence-electron chi connectivity index (χ3n) is 6.65. The maximum absolute atomic E-state index is 12.2. The lowest BCUT2D eigenvalue weighted by Gasteiger charge is -2.19. The number of carbonyl (C=O) groups is 1. The first kappa shape index (κ1) is 34.6. The van der Waals surface area contributed by atoms with E-state index in [1.807, 2.05) is 6.08 Å². The second kappa shape index (κ2) is 28.2. The summed E-state index contributed by atoms with van der Waals surface area (Å²) in [5.41, 5.74) is 0. The summed E-state index contributed by atoms with van der Waals surface area (Å²) in [5.74, 6) is -0.0956. The highest BCUT2D eigenvalue weighted by atomic mass is 16.3. The van der Waals surface area contributed by atoms with Crippen LogP contribution in [0.5, 0.6) is 0 Å². The number of rotatable bonds is 26. The van der Waals surface area contributed by atoms with Crippen LogP contribution in [0, 0.1) is 0 Å². The van der Waals surface area contributed by atoms with E-state index in [-0.39, 0.29) is 12.5 Å². The van der Waals surface area contributed by atoms with Gasteiger partial charge in [-0.15, -0.1) is 0 Å². The minimum Gasteiger partial charge on any atom is -0.394 e. The molecule has 0 spiro atoms. The SMILES string of the molecule is CCCCCCC/C=C/C=C/[C@@H](O)[C@H](CO)NC(=O)CCCCCCC/C=C/CCCCCCCC. The van der Waals surface area contributed by atoms with E-state index in [0.29, 0.717) is 6.42 Å². The molecule has 0 aliphatic rings. The molecule has 0 aromatic heterocycles. The molecule has 0 aliphatic heterocycles. The fourth-order valence-corrected chi connectivity index (χ4v) is 4.23. The van der Waals surface area contributed by atoms with Gasteiger partial charge in [-0.2, -0.15) is 0 Å². The van der Waals surface area contributed by atoms with Gasteiger partial charge in [-0.1, -0.05) is 127 Å². The quantitative estimate of drug-likeness (QED) is 0.0628. The lowest BCUT2D eigenvalue weighted by Crippen LogP contribution is -2.45. The molecule has 0 aromatic carbocycles. The minimum absolute atomic E-state index is 0.0956. The number of hydrogen-bond acceptors (Lipinski definition) is 3. The van der Waals surface area contributed by atoms with Crippen LogP contribution < -0.4 is 5.32 Å². The van der Waals surface area contributed by atoms with Crippen molar-refractivity contribution in [3.05, 3.63) is 36.5 Å². The van der Waals surface area contributed by atoms with Crippen LogP contribution in [0.4, 0.5) is 0 Å². The van der Waals surface area contributed by atoms with E-state index < -0.39 is 12.1 Å². The molecular formula is C32H59NO3. The molecule has 210 valence electrons. The topological polar surface area (TPSA) is 69.6 Å². The highest BCUT2D eigenvalue weighted by Gasteiger charge is 2.17. The molecule has 0 fully saturated rings. The maximum Gasteiger partial charge on any atom is 0.220 e. The molecule has 1 amide bonds. The second-order valence-electron chi connectivity index (χ2n) is 10.2. The third-order valence-corrected chi connectivity index (χ3v) is 6.65. The first-order valence-electron chi connectivity index (χ1n) is 15.2. The number of nitrogens with one attached hydrogen (secondary N) is 1. The standard InChI is InChI=1S/C32H59NO3/c1-3-5-7-9-11-13-14-15-16-17-18-20-22-24-26-28-32(36)33-30(29-34)31(35)27-25-23-21-19-12-10-8-6-4-2/h15-16,21,23,25,27,30-31,34-35H,3-14,17-20,22,24,26,28-29H2,1-2H3,(H,33,36)/b16-15+,23-21+,27-25+/t30-,31+/m0/s1. The number of allylic oxidation sites excluding steroid dienone is 5. The zero-order valence-electron chi connectivity index (χ0n) is 23.8. The normalized spacial score (nSPS) is 13.8. The summed E-state index contributed by atoms with van der Waals surface area (Å²) in [7, 11) is 0. The second-order valence-corrected chi connectivity index (χ2v) is 10.2. The van der Waals surface area contributed by atoms with Crippen molar-refractivity contribution >= 4 is 5.91 Å². The molecule has 2 atom stereocenters. The van der Waals surface area contributed by atoms with Crippen molar-refractivity contribution < 1.29 is 15.0 Å². The Morgan fingerprint density at radius 3 is 1.67 bits per heavy atom. The Kier molecular flexibility index (Phi) is 27.1. The number of aliphatic hydroxyl groups excluding tert-OH is 2. The van der Waals surface area contributed by atoms with E-state index in [0.717, 1.165) is 32.1 Å². The summed E-state index contributed by atoms with van der Waals surface area (Å²) < 4.78 is 0. The van der Waals surface area contributed by atoms with Crippen molar-refractivity contribution in [1.82, 2.24) is 5.32 Å². The molecule has 0 saturated heterocycles. The summed E-state index contributed by atoms with van der Waals surface area (Å²) in [6, 6.07) is -0.653. The molecule has 36 heavy (non-hydrogen) atoms. The Morgan fingerprint density at radius 1 is 0.667 bits per heavy atom. The van der Waals surface area contributed by atoms with Crippen LogP contribution in [0.3, 0.4) is 0 Å². The Bertz CT molecular complexity index is 556. The van der Waals surface area contributed by atoms with Crippen LogP contribution in [-0.4, -0.2) is 34.9 Å². The van der Waals surface area contributed by atoms with Crippen molar-refractivity contribution in [3.8, 4) is 0 Å². The lowest BCUT2D eigenvalue weighted by atomic mass is 10.1. The number of carbonyl (C=O) groups excluding carboxylic acids is 1. The van der Waals surface area contributed by atoms with E-state index in [4.69, 9.17) is 0 Å². The van der Waals surface area contributed by atoms with Crippen molar-refractivity contribution in [1.29, 1.82) is 0 Å². The molecule has 0 rings (SSSR count). The number of aliphatic hydroxyl groups is 2. The summed E-state index contributed by atoms with van der Waals surface area (Å²) in [4.78, 5) is 12.2. The van der Waals surface area contributed by atoms with E-state index in [1.54, 1.807) is 12.2 Å². The largest absolute Gasteiger partial charge is 0.394 e. The van der Waals surface area contributed by atoms with Crippen molar-refractivity contribution in [3.63, 3.8) is 0 Å². The van der Waals surface area contributed by atoms with Gasteiger partial charge in [-0.05, 0) is 44.9 Å². The predicted molar refractivity (Wildman–Crippen MR) is 156 cm³/mol. The fraction of sp³-hybridized carbons (Fsp3) is 0.781. The van der Waals surface area contributed by atoms with Crippen LogP contribution in [0.2, 0.25) is 0 Å². The average Bonchev–Trinajstić information content (AvgIpc) is 2.88. The Morgan fingerprint density at radius 2 is 1.14 bits per heavy atom. The number of hydrogen-bond donors (Lipinski definition) is 3. The van der Waals surface area contributed by atoms with Crippen LogP contribution in [0.1, 0.15) is 142 Å². The van der Waals surface area contributed by atoms with Crippen LogP contribution >= 0.6 is 0 Å². The summed E-state index contributed by atoms with van der Waals surface area (Å²) in [6.07, 6.45) is 35.1. The molecule has 0 saturated carbocycles. The summed E-state index contributed by atoms with van der Waals surface area (Å²) >= 11 is 0. The Hall–Kier alpha value is -1.39. The monoisotopic (exact) mass is 505 g/mol. The smallest absolute Gasteiger partial charge is 0.220 e. The summed E-state index contributed by atoms with van der Waals surface area (Å²) in [5, 5.41) is 22.6.